The van der Waals surface area contributed by atoms with Crippen molar-refractivity contribution in [3.05, 3.63) is 51.4 Å². The Hall–Kier alpha value is -1.59. The molecule has 1 atom stereocenters. The number of nitrogens with zero attached hydrogens (tertiary/aromatic N) is 1. The van der Waals surface area contributed by atoms with Crippen LogP contribution in [0, 0.1) is 0 Å². The lowest BCUT2D eigenvalue weighted by molar-refractivity contribution is 0.237. The molecule has 2 aromatic heterocycles. The summed E-state index contributed by atoms with van der Waals surface area (Å²) < 4.78 is 0.720. The Kier molecular flexibility index (Phi) is 4.76. The number of aromatic nitrogens is 1. The van der Waals surface area contributed by atoms with Crippen LogP contribution in [0.25, 0.3) is 0 Å². The Morgan fingerprint density at radius 2 is 2.26 bits per heavy atom. The molecule has 0 aliphatic heterocycles. The van der Waals surface area contributed by atoms with Crippen molar-refractivity contribution >= 4 is 29.0 Å². The third-order valence-electron chi connectivity index (χ3n) is 2.52. The first kappa shape index (κ1) is 13.8. The van der Waals surface area contributed by atoms with Crippen molar-refractivity contribution in [1.82, 2.24) is 15.6 Å². The molecular weight excluding hydrogens is 282 g/mol. The summed E-state index contributed by atoms with van der Waals surface area (Å²) >= 11 is 7.33. The van der Waals surface area contributed by atoms with Gasteiger partial charge in [-0.2, -0.15) is 0 Å². The highest BCUT2D eigenvalue weighted by molar-refractivity contribution is 7.16. The van der Waals surface area contributed by atoms with E-state index in [-0.39, 0.29) is 12.1 Å². The standard InChI is InChI=1S/C13H14ClN3OS/c1-9(11-5-6-12(14)19-11)17-13(18)16-8-10-4-2-3-7-15-10/h2-7,9H,8H2,1H3,(H2,16,17,18)/t9-/m1/s1. The van der Waals surface area contributed by atoms with Crippen LogP contribution in [0.3, 0.4) is 0 Å². The summed E-state index contributed by atoms with van der Waals surface area (Å²) in [5.41, 5.74) is 0.824. The monoisotopic (exact) mass is 295 g/mol. The quantitative estimate of drug-likeness (QED) is 0.909. The number of amides is 2. The van der Waals surface area contributed by atoms with Gasteiger partial charge in [0.2, 0.25) is 0 Å². The lowest BCUT2D eigenvalue weighted by Crippen LogP contribution is -2.36. The van der Waals surface area contributed by atoms with Crippen molar-refractivity contribution in [2.45, 2.75) is 19.5 Å². The molecule has 0 unspecified atom stereocenters. The molecule has 0 radical (unpaired) electrons. The van der Waals surface area contributed by atoms with E-state index < -0.39 is 0 Å². The molecule has 2 rings (SSSR count). The number of carbonyl (C=O) groups excluding carboxylic acids is 1. The summed E-state index contributed by atoms with van der Waals surface area (Å²) in [4.78, 5) is 16.9. The first-order valence-corrected chi connectivity index (χ1v) is 7.04. The van der Waals surface area contributed by atoms with Crippen LogP contribution in [-0.4, -0.2) is 11.0 Å². The number of rotatable bonds is 4. The van der Waals surface area contributed by atoms with E-state index in [1.54, 1.807) is 6.20 Å². The lowest BCUT2D eigenvalue weighted by atomic mass is 10.3. The highest BCUT2D eigenvalue weighted by Gasteiger charge is 2.11. The third kappa shape index (κ3) is 4.22. The molecular formula is C13H14ClN3OS. The molecule has 0 spiro atoms. The largest absolute Gasteiger partial charge is 0.332 e. The second kappa shape index (κ2) is 6.54. The van der Waals surface area contributed by atoms with E-state index in [9.17, 15) is 4.79 Å². The van der Waals surface area contributed by atoms with Gasteiger partial charge >= 0.3 is 6.03 Å². The number of nitrogens with one attached hydrogen (secondary N) is 2. The van der Waals surface area contributed by atoms with Gasteiger partial charge in [0.05, 0.1) is 22.6 Å². The summed E-state index contributed by atoms with van der Waals surface area (Å²) in [7, 11) is 0. The topological polar surface area (TPSA) is 54.0 Å². The molecule has 0 aliphatic carbocycles. The zero-order valence-electron chi connectivity index (χ0n) is 10.4. The lowest BCUT2D eigenvalue weighted by Gasteiger charge is -2.12. The van der Waals surface area contributed by atoms with Crippen LogP contribution in [0.2, 0.25) is 4.34 Å². The summed E-state index contributed by atoms with van der Waals surface area (Å²) in [6.07, 6.45) is 1.70. The predicted octanol–water partition coefficient (Wildman–Crippen LogP) is 3.36. The van der Waals surface area contributed by atoms with E-state index in [1.807, 2.05) is 37.3 Å². The Morgan fingerprint density at radius 3 is 2.89 bits per heavy atom. The maximum Gasteiger partial charge on any atom is 0.315 e. The molecule has 0 aromatic carbocycles. The third-order valence-corrected chi connectivity index (χ3v) is 3.94. The molecule has 0 saturated carbocycles. The molecule has 6 heteroatoms. The Balaban J connectivity index is 1.81. The van der Waals surface area contributed by atoms with Crippen molar-refractivity contribution in [1.29, 1.82) is 0 Å². The highest BCUT2D eigenvalue weighted by atomic mass is 35.5. The van der Waals surface area contributed by atoms with Crippen LogP contribution in [0.5, 0.6) is 0 Å². The van der Waals surface area contributed by atoms with E-state index in [0.29, 0.717) is 6.54 Å². The second-order valence-electron chi connectivity index (χ2n) is 4.01. The number of carbonyl (C=O) groups is 1. The summed E-state index contributed by atoms with van der Waals surface area (Å²) in [5, 5.41) is 5.62. The van der Waals surface area contributed by atoms with Gasteiger partial charge in [-0.25, -0.2) is 4.79 Å². The van der Waals surface area contributed by atoms with Gasteiger partial charge in [0.1, 0.15) is 0 Å². The van der Waals surface area contributed by atoms with Gasteiger partial charge in [-0.3, -0.25) is 4.98 Å². The predicted molar refractivity (Wildman–Crippen MR) is 77.4 cm³/mol. The van der Waals surface area contributed by atoms with Crippen LogP contribution >= 0.6 is 22.9 Å². The molecule has 2 N–H and O–H groups in total. The maximum atomic E-state index is 11.7. The van der Waals surface area contributed by atoms with Crippen molar-refractivity contribution < 1.29 is 4.79 Å². The van der Waals surface area contributed by atoms with Crippen molar-refractivity contribution in [2.75, 3.05) is 0 Å². The molecule has 19 heavy (non-hydrogen) atoms. The Morgan fingerprint density at radius 1 is 1.42 bits per heavy atom. The molecule has 2 amide bonds. The number of urea groups is 1. The van der Waals surface area contributed by atoms with Crippen LogP contribution < -0.4 is 10.6 Å². The van der Waals surface area contributed by atoms with Gasteiger partial charge in [-0.15, -0.1) is 11.3 Å². The molecule has 0 fully saturated rings. The molecule has 0 saturated heterocycles. The number of hydrogen-bond acceptors (Lipinski definition) is 3. The van der Waals surface area contributed by atoms with E-state index >= 15 is 0 Å². The molecule has 0 aliphatic rings. The molecule has 100 valence electrons. The van der Waals surface area contributed by atoms with Gasteiger partial charge in [0.15, 0.2) is 0 Å². The number of thiophene rings is 1. The minimum atomic E-state index is -0.220. The summed E-state index contributed by atoms with van der Waals surface area (Å²) in [6, 6.07) is 9.04. The van der Waals surface area contributed by atoms with Crippen molar-refractivity contribution in [2.24, 2.45) is 0 Å². The maximum absolute atomic E-state index is 11.7. The smallest absolute Gasteiger partial charge is 0.315 e. The number of pyridine rings is 1. The van der Waals surface area contributed by atoms with Crippen LogP contribution in [0.1, 0.15) is 23.5 Å². The minimum absolute atomic E-state index is 0.0683. The van der Waals surface area contributed by atoms with Crippen molar-refractivity contribution in [3.63, 3.8) is 0 Å². The van der Waals surface area contributed by atoms with E-state index in [4.69, 9.17) is 11.6 Å². The average Bonchev–Trinajstić information content (AvgIpc) is 2.84. The fraction of sp³-hybridized carbons (Fsp3) is 0.231. The Labute approximate surface area is 120 Å². The van der Waals surface area contributed by atoms with Gasteiger partial charge in [0, 0.05) is 11.1 Å². The summed E-state index contributed by atoms with van der Waals surface area (Å²) in [5.74, 6) is 0. The van der Waals surface area contributed by atoms with Gasteiger partial charge in [-0.1, -0.05) is 17.7 Å². The minimum Gasteiger partial charge on any atom is -0.332 e. The second-order valence-corrected chi connectivity index (χ2v) is 5.76. The van der Waals surface area contributed by atoms with E-state index in [0.717, 1.165) is 14.9 Å². The van der Waals surface area contributed by atoms with Crippen LogP contribution in [-0.2, 0) is 6.54 Å². The average molecular weight is 296 g/mol. The van der Waals surface area contributed by atoms with Gasteiger partial charge in [0.25, 0.3) is 0 Å². The molecule has 4 nitrogen and oxygen atoms in total. The zero-order valence-corrected chi connectivity index (χ0v) is 12.0. The fourth-order valence-corrected chi connectivity index (χ4v) is 2.62. The SMILES string of the molecule is C[C@@H](NC(=O)NCc1ccccn1)c1ccc(Cl)s1. The Bertz CT molecular complexity index is 544. The van der Waals surface area contributed by atoms with E-state index in [1.165, 1.54) is 11.3 Å². The number of hydrogen-bond donors (Lipinski definition) is 2. The zero-order chi connectivity index (χ0) is 13.7. The molecule has 2 heterocycles. The molecule has 2 aromatic rings. The van der Waals surface area contributed by atoms with Gasteiger partial charge < -0.3 is 10.6 Å². The first-order chi connectivity index (χ1) is 9.15. The fourth-order valence-electron chi connectivity index (χ4n) is 1.55. The molecule has 0 bridgehead atoms. The van der Waals surface area contributed by atoms with Crippen LogP contribution in [0.4, 0.5) is 4.79 Å². The van der Waals surface area contributed by atoms with E-state index in [2.05, 4.69) is 15.6 Å². The summed E-state index contributed by atoms with van der Waals surface area (Å²) in [6.45, 7) is 2.33. The first-order valence-electron chi connectivity index (χ1n) is 5.84. The van der Waals surface area contributed by atoms with Crippen molar-refractivity contribution in [3.8, 4) is 0 Å². The van der Waals surface area contributed by atoms with Gasteiger partial charge in [-0.05, 0) is 31.2 Å². The number of halogens is 1. The van der Waals surface area contributed by atoms with Crippen LogP contribution in [0.15, 0.2) is 36.5 Å². The normalized spacial score (nSPS) is 11.9. The highest BCUT2D eigenvalue weighted by Crippen LogP contribution is 2.26.